The third-order valence-electron chi connectivity index (χ3n) is 20.4. The molecule has 0 bridgehead atoms. The zero-order chi connectivity index (χ0) is 57.8. The van der Waals surface area contributed by atoms with Gasteiger partial charge in [-0.2, -0.15) is 0 Å². The summed E-state index contributed by atoms with van der Waals surface area (Å²) in [5.41, 5.74) is 8.51. The van der Waals surface area contributed by atoms with Crippen LogP contribution < -0.4 is 0 Å². The molecule has 0 heteroatoms. The minimum absolute atomic E-state index is 0.584. The summed E-state index contributed by atoms with van der Waals surface area (Å²) in [7, 11) is 0. The van der Waals surface area contributed by atoms with Gasteiger partial charge in [0.1, 0.15) is 0 Å². The summed E-state index contributed by atoms with van der Waals surface area (Å²) in [6, 6.07) is 0. The zero-order valence-electron chi connectivity index (χ0n) is 57.5. The van der Waals surface area contributed by atoms with E-state index in [-0.39, 0.29) is 0 Å². The molecule has 0 aromatic heterocycles. The van der Waals surface area contributed by atoms with Gasteiger partial charge in [0.15, 0.2) is 0 Å². The van der Waals surface area contributed by atoms with Gasteiger partial charge in [-0.15, -0.1) is 0 Å². The molecule has 0 nitrogen and oxygen atoms in total. The third kappa shape index (κ3) is 44.9. The van der Waals surface area contributed by atoms with Crippen LogP contribution in [-0.2, 0) is 0 Å². The van der Waals surface area contributed by atoms with Crippen molar-refractivity contribution in [3.8, 4) is 0 Å². The highest BCUT2D eigenvalue weighted by Crippen LogP contribution is 2.53. The van der Waals surface area contributed by atoms with Crippen molar-refractivity contribution in [2.75, 3.05) is 0 Å². The van der Waals surface area contributed by atoms with Gasteiger partial charge in [0.25, 0.3) is 0 Å². The summed E-state index contributed by atoms with van der Waals surface area (Å²) in [5, 5.41) is 0. The Labute approximate surface area is 509 Å². The fourth-order valence-electron chi connectivity index (χ4n) is 15.0. The van der Waals surface area contributed by atoms with Gasteiger partial charge in [0, 0.05) is 0 Å². The number of allylic oxidation sites excluding steroid dienone is 4. The first kappa shape index (κ1) is 77.5. The second-order valence-electron chi connectivity index (χ2n) is 27.8. The molecule has 476 valence electrons. The monoisotopic (exact) mass is 1120 g/mol. The second-order valence-corrected chi connectivity index (χ2v) is 27.8. The van der Waals surface area contributed by atoms with Gasteiger partial charge in [-0.25, -0.2) is 0 Å². The molecule has 0 fully saturated rings. The molecule has 1 atom stereocenters. The summed E-state index contributed by atoms with van der Waals surface area (Å²) in [6.45, 7) is 16.3. The van der Waals surface area contributed by atoms with Gasteiger partial charge in [-0.3, -0.25) is 0 Å². The zero-order valence-corrected chi connectivity index (χ0v) is 57.5. The van der Waals surface area contributed by atoms with Crippen LogP contribution in [-0.4, -0.2) is 0 Å². The third-order valence-corrected chi connectivity index (χ3v) is 20.4. The lowest BCUT2D eigenvalue weighted by molar-refractivity contribution is 0.265. The molecule has 0 aromatic carbocycles. The lowest BCUT2D eigenvalue weighted by atomic mass is 9.71. The van der Waals surface area contributed by atoms with Gasteiger partial charge in [-0.1, -0.05) is 405 Å². The van der Waals surface area contributed by atoms with Crippen LogP contribution in [0.1, 0.15) is 479 Å². The molecular weight excluding hydrogens is 961 g/mol. The van der Waals surface area contributed by atoms with Crippen molar-refractivity contribution < 1.29 is 0 Å². The maximum atomic E-state index is 2.34. The summed E-state index contributed by atoms with van der Waals surface area (Å²) < 4.78 is 0. The number of rotatable bonds is 63. The van der Waals surface area contributed by atoms with Crippen LogP contribution in [0, 0.1) is 11.3 Å². The molecule has 0 spiro atoms. The highest BCUT2D eigenvalue weighted by molar-refractivity contribution is 5.29. The lowest BCUT2D eigenvalue weighted by Gasteiger charge is -2.34. The summed E-state index contributed by atoms with van der Waals surface area (Å²) in [6.07, 6.45) is 97.9. The van der Waals surface area contributed by atoms with E-state index in [2.05, 4.69) is 48.5 Å². The fourth-order valence-corrected chi connectivity index (χ4v) is 15.0. The number of hydrogen-bond acceptors (Lipinski definition) is 0. The Balaban J connectivity index is 0.000000825. The minimum Gasteiger partial charge on any atom is -0.0707 e. The summed E-state index contributed by atoms with van der Waals surface area (Å²) in [5.74, 6) is 0.962. The van der Waals surface area contributed by atoms with E-state index in [9.17, 15) is 0 Å². The highest BCUT2D eigenvalue weighted by Gasteiger charge is 2.39. The molecule has 2 aliphatic rings. The Morgan fingerprint density at radius 2 is 0.512 bits per heavy atom. The van der Waals surface area contributed by atoms with E-state index < -0.39 is 0 Å². The topological polar surface area (TPSA) is 0 Å². The van der Waals surface area contributed by atoms with E-state index in [4.69, 9.17) is 0 Å². The average molecular weight is 1120 g/mol. The van der Waals surface area contributed by atoms with E-state index in [0.717, 1.165) is 5.92 Å². The summed E-state index contributed by atoms with van der Waals surface area (Å²) >= 11 is 0. The molecule has 80 heavy (non-hydrogen) atoms. The molecule has 0 saturated heterocycles. The standard InChI is InChI=1S/C45H88.C35H68/c1-5-9-13-17-21-25-29-33-37-43-39-42-45(40-35-31-27-23-19-15-11-7-3,41-36-32-28-24-20-16-12-8-4)44(43)38-34-30-26-22-18-14-10-6-2;1-4-7-10-13-16-19-22-25-28-33-31-32-34(29-26-23-20-17-14-11-8-5-2)35(33)30-27-24-21-18-15-12-9-6-3/h5-42H2,1-4H3;33H,4-32H2,1-3H3. The normalized spacial score (nSPS) is 15.3. The van der Waals surface area contributed by atoms with Crippen LogP contribution in [0.4, 0.5) is 0 Å². The molecule has 0 amide bonds. The Hall–Kier alpha value is -0.520. The molecule has 0 heterocycles. The van der Waals surface area contributed by atoms with E-state index in [1.165, 1.54) is 430 Å². The van der Waals surface area contributed by atoms with Crippen molar-refractivity contribution in [1.82, 2.24) is 0 Å². The predicted octanol–water partition coefficient (Wildman–Crippen LogP) is 30.5. The molecule has 0 saturated carbocycles. The van der Waals surface area contributed by atoms with Gasteiger partial charge < -0.3 is 0 Å². The first-order valence-corrected chi connectivity index (χ1v) is 39.0. The van der Waals surface area contributed by atoms with Crippen molar-refractivity contribution in [3.63, 3.8) is 0 Å². The van der Waals surface area contributed by atoms with Gasteiger partial charge in [-0.05, 0) is 108 Å². The molecule has 1 unspecified atom stereocenters. The molecule has 2 aliphatic carbocycles. The maximum absolute atomic E-state index is 2.34. The predicted molar refractivity (Wildman–Crippen MR) is 369 cm³/mol. The molecule has 0 radical (unpaired) electrons. The number of hydrogen-bond donors (Lipinski definition) is 0. The SMILES string of the molecule is CCCCCCCCCCC1=C(CCCCCCCCCC)C(CCCCCCCCCC)(CCCCCCCCCC)CC1.CCCCCCCCCCC1=C(CCCCCCCCCC)C(CCCCCCCCCC)CC1. The Bertz CT molecular complexity index is 1260. The highest BCUT2D eigenvalue weighted by atomic mass is 14.4. The van der Waals surface area contributed by atoms with Crippen LogP contribution in [0.15, 0.2) is 22.3 Å². The van der Waals surface area contributed by atoms with Crippen LogP contribution in [0.25, 0.3) is 0 Å². The Kier molecular flexibility index (Phi) is 59.6. The van der Waals surface area contributed by atoms with Crippen LogP contribution in [0.5, 0.6) is 0 Å². The van der Waals surface area contributed by atoms with E-state index in [1.807, 2.05) is 22.3 Å². The van der Waals surface area contributed by atoms with E-state index in [0.29, 0.717) is 5.41 Å². The van der Waals surface area contributed by atoms with Crippen molar-refractivity contribution in [2.45, 2.75) is 479 Å². The van der Waals surface area contributed by atoms with Crippen molar-refractivity contribution in [3.05, 3.63) is 22.3 Å². The molecule has 0 aliphatic heterocycles. The van der Waals surface area contributed by atoms with Crippen molar-refractivity contribution in [1.29, 1.82) is 0 Å². The van der Waals surface area contributed by atoms with Gasteiger partial charge in [0.2, 0.25) is 0 Å². The molecular formula is C80H156. The van der Waals surface area contributed by atoms with Crippen LogP contribution >= 0.6 is 0 Å². The fraction of sp³-hybridized carbons (Fsp3) is 0.950. The minimum atomic E-state index is 0.584. The average Bonchev–Trinajstić information content (AvgIpc) is 4.02. The largest absolute Gasteiger partial charge is 0.0707 e. The quantitative estimate of drug-likeness (QED) is 0.0421. The van der Waals surface area contributed by atoms with Gasteiger partial charge >= 0.3 is 0 Å². The molecule has 0 aromatic rings. The van der Waals surface area contributed by atoms with Gasteiger partial charge in [0.05, 0.1) is 0 Å². The lowest BCUT2D eigenvalue weighted by Crippen LogP contribution is -2.21. The molecule has 2 rings (SSSR count). The second kappa shape index (κ2) is 61.6. The summed E-state index contributed by atoms with van der Waals surface area (Å²) in [4.78, 5) is 0. The van der Waals surface area contributed by atoms with E-state index in [1.54, 1.807) is 0 Å². The Morgan fingerprint density at radius 3 is 0.850 bits per heavy atom. The van der Waals surface area contributed by atoms with Crippen LogP contribution in [0.2, 0.25) is 0 Å². The smallest absolute Gasteiger partial charge is 0.00824 e. The van der Waals surface area contributed by atoms with Crippen molar-refractivity contribution in [2.24, 2.45) is 11.3 Å². The van der Waals surface area contributed by atoms with Crippen LogP contribution in [0.3, 0.4) is 0 Å². The first-order valence-electron chi connectivity index (χ1n) is 39.0. The number of unbranched alkanes of at least 4 members (excludes halogenated alkanes) is 49. The van der Waals surface area contributed by atoms with E-state index >= 15 is 0 Å². The molecule has 0 N–H and O–H groups in total. The van der Waals surface area contributed by atoms with Crippen molar-refractivity contribution >= 4 is 0 Å². The first-order chi connectivity index (χ1) is 39.6. The Morgan fingerprint density at radius 1 is 0.250 bits per heavy atom. The maximum Gasteiger partial charge on any atom is -0.00824 e.